The van der Waals surface area contributed by atoms with Gasteiger partial charge in [0.05, 0.1) is 12.2 Å². The van der Waals surface area contributed by atoms with Crippen LogP contribution in [0.15, 0.2) is 42.5 Å². The summed E-state index contributed by atoms with van der Waals surface area (Å²) in [5.41, 5.74) is -0.206. The highest BCUT2D eigenvalue weighted by Gasteiger charge is 2.37. The second-order valence-electron chi connectivity index (χ2n) is 9.71. The molecule has 0 saturated heterocycles. The van der Waals surface area contributed by atoms with Gasteiger partial charge in [-0.05, 0) is 86.1 Å². The molecule has 0 radical (unpaired) electrons. The smallest absolute Gasteiger partial charge is 0.419 e. The van der Waals surface area contributed by atoms with Crippen LogP contribution in [-0.4, -0.2) is 6.61 Å². The Morgan fingerprint density at radius 3 is 2.26 bits per heavy atom. The molecule has 3 rings (SSSR count). The van der Waals surface area contributed by atoms with Crippen LogP contribution in [0.5, 0.6) is 5.75 Å². The minimum absolute atomic E-state index is 0.0788. The molecule has 0 bridgehead atoms. The molecule has 0 aromatic heterocycles. The number of halogens is 4. The first-order chi connectivity index (χ1) is 16.8. The average molecular weight is 491 g/mol. The van der Waals surface area contributed by atoms with Gasteiger partial charge in [-0.15, -0.1) is 0 Å². The standard InChI is InChI=1S/C30H38F4O/c1-3-5-6-7-22-8-10-23(11-9-22)12-16-25-18-19-26(29(31)28(25)30(32,33)34)17-13-24-14-20-27(21-15-24)35-4-2/h12,14-16,18-23H,3-11,13,17H2,1-2H3/b16-12+. The molecule has 0 atom stereocenters. The van der Waals surface area contributed by atoms with Gasteiger partial charge in [0.25, 0.3) is 0 Å². The van der Waals surface area contributed by atoms with Crippen molar-refractivity contribution in [2.75, 3.05) is 6.61 Å². The Bertz CT molecular complexity index is 938. The van der Waals surface area contributed by atoms with Crippen molar-refractivity contribution >= 4 is 6.08 Å². The number of benzene rings is 2. The minimum Gasteiger partial charge on any atom is -0.494 e. The molecule has 1 aliphatic rings. The molecule has 1 fully saturated rings. The summed E-state index contributed by atoms with van der Waals surface area (Å²) < 4.78 is 62.0. The Morgan fingerprint density at radius 2 is 1.63 bits per heavy atom. The maximum atomic E-state index is 15.1. The van der Waals surface area contributed by atoms with Crippen LogP contribution in [0.25, 0.3) is 6.08 Å². The molecule has 0 heterocycles. The molecule has 0 amide bonds. The number of rotatable bonds is 11. The van der Waals surface area contributed by atoms with Crippen LogP contribution in [0.1, 0.15) is 87.5 Å². The van der Waals surface area contributed by atoms with Gasteiger partial charge < -0.3 is 4.74 Å². The zero-order chi connectivity index (χ0) is 25.3. The normalized spacial score (nSPS) is 18.8. The van der Waals surface area contributed by atoms with Gasteiger partial charge in [0, 0.05) is 0 Å². The monoisotopic (exact) mass is 490 g/mol. The zero-order valence-electron chi connectivity index (χ0n) is 21.0. The lowest BCUT2D eigenvalue weighted by molar-refractivity contribution is -0.140. The number of unbranched alkanes of at least 4 members (excludes halogenated alkanes) is 2. The second kappa shape index (κ2) is 13.1. The third kappa shape index (κ3) is 8.12. The Hall–Kier alpha value is -2.30. The summed E-state index contributed by atoms with van der Waals surface area (Å²) in [6.07, 6.45) is 8.53. The van der Waals surface area contributed by atoms with Crippen LogP contribution in [-0.2, 0) is 19.0 Å². The van der Waals surface area contributed by atoms with E-state index in [-0.39, 0.29) is 23.5 Å². The van der Waals surface area contributed by atoms with E-state index in [1.807, 2.05) is 37.3 Å². The summed E-state index contributed by atoms with van der Waals surface area (Å²) in [5.74, 6) is 0.595. The first-order valence-corrected chi connectivity index (χ1v) is 13.1. The van der Waals surface area contributed by atoms with Crippen molar-refractivity contribution in [3.05, 3.63) is 70.5 Å². The molecule has 1 saturated carbocycles. The molecule has 2 aromatic carbocycles. The quantitative estimate of drug-likeness (QED) is 0.225. The zero-order valence-corrected chi connectivity index (χ0v) is 21.0. The van der Waals surface area contributed by atoms with E-state index in [0.717, 1.165) is 42.9 Å². The molecule has 0 unspecified atom stereocenters. The molecule has 0 N–H and O–H groups in total. The van der Waals surface area contributed by atoms with Crippen molar-refractivity contribution in [2.45, 2.75) is 84.2 Å². The van der Waals surface area contributed by atoms with Crippen LogP contribution in [0, 0.1) is 17.7 Å². The fourth-order valence-electron chi connectivity index (χ4n) is 5.04. The Morgan fingerprint density at radius 1 is 0.914 bits per heavy atom. The molecule has 1 aliphatic carbocycles. The number of hydrogen-bond donors (Lipinski definition) is 0. The second-order valence-corrected chi connectivity index (χ2v) is 9.71. The summed E-state index contributed by atoms with van der Waals surface area (Å²) in [7, 11) is 0. The van der Waals surface area contributed by atoms with Crippen LogP contribution in [0.3, 0.4) is 0 Å². The van der Waals surface area contributed by atoms with Crippen molar-refractivity contribution in [1.29, 1.82) is 0 Å². The first-order valence-electron chi connectivity index (χ1n) is 13.1. The van der Waals surface area contributed by atoms with Gasteiger partial charge in [-0.25, -0.2) is 4.39 Å². The van der Waals surface area contributed by atoms with Crippen molar-refractivity contribution in [3.63, 3.8) is 0 Å². The van der Waals surface area contributed by atoms with Gasteiger partial charge in [-0.2, -0.15) is 13.2 Å². The summed E-state index contributed by atoms with van der Waals surface area (Å²) in [6.45, 7) is 4.66. The molecular formula is C30H38F4O. The van der Waals surface area contributed by atoms with E-state index in [1.54, 1.807) is 0 Å². The average Bonchev–Trinajstić information content (AvgIpc) is 2.83. The van der Waals surface area contributed by atoms with Gasteiger partial charge in [0.15, 0.2) is 0 Å². The maximum absolute atomic E-state index is 15.1. The summed E-state index contributed by atoms with van der Waals surface area (Å²) in [6, 6.07) is 10.3. The van der Waals surface area contributed by atoms with Gasteiger partial charge in [-0.1, -0.05) is 69.0 Å². The fourth-order valence-corrected chi connectivity index (χ4v) is 5.04. The molecule has 35 heavy (non-hydrogen) atoms. The molecule has 0 aliphatic heterocycles. The van der Waals surface area contributed by atoms with Crippen LogP contribution in [0.2, 0.25) is 0 Å². The van der Waals surface area contributed by atoms with Gasteiger partial charge >= 0.3 is 6.18 Å². The number of alkyl halides is 3. The van der Waals surface area contributed by atoms with Crippen LogP contribution < -0.4 is 4.74 Å². The number of aryl methyl sites for hydroxylation is 2. The van der Waals surface area contributed by atoms with Crippen molar-refractivity contribution in [2.24, 2.45) is 11.8 Å². The number of ether oxygens (including phenoxy) is 1. The van der Waals surface area contributed by atoms with Gasteiger partial charge in [0.1, 0.15) is 11.6 Å². The lowest BCUT2D eigenvalue weighted by Crippen LogP contribution is -2.14. The molecular weight excluding hydrogens is 452 g/mol. The van der Waals surface area contributed by atoms with Gasteiger partial charge in [0.2, 0.25) is 0 Å². The van der Waals surface area contributed by atoms with Crippen LogP contribution in [0.4, 0.5) is 17.6 Å². The molecule has 192 valence electrons. The topological polar surface area (TPSA) is 9.23 Å². The highest BCUT2D eigenvalue weighted by molar-refractivity contribution is 5.56. The lowest BCUT2D eigenvalue weighted by atomic mass is 9.79. The number of allylic oxidation sites excluding steroid dienone is 1. The lowest BCUT2D eigenvalue weighted by Gasteiger charge is -2.26. The number of hydrogen-bond acceptors (Lipinski definition) is 1. The fraction of sp³-hybridized carbons (Fsp3) is 0.533. The van der Waals surface area contributed by atoms with E-state index in [9.17, 15) is 13.2 Å². The summed E-state index contributed by atoms with van der Waals surface area (Å²) in [5, 5.41) is 0. The largest absolute Gasteiger partial charge is 0.494 e. The highest BCUT2D eigenvalue weighted by Crippen LogP contribution is 2.38. The summed E-state index contributed by atoms with van der Waals surface area (Å²) in [4.78, 5) is 0. The maximum Gasteiger partial charge on any atom is 0.419 e. The molecule has 0 spiro atoms. The van der Waals surface area contributed by atoms with E-state index in [1.165, 1.54) is 43.9 Å². The Kier molecular flexibility index (Phi) is 10.2. The molecule has 1 nitrogen and oxygen atoms in total. The first kappa shape index (κ1) is 27.3. The minimum atomic E-state index is -4.74. The third-order valence-electron chi connectivity index (χ3n) is 7.11. The van der Waals surface area contributed by atoms with Crippen molar-refractivity contribution < 1.29 is 22.3 Å². The Balaban J connectivity index is 1.66. The predicted octanol–water partition coefficient (Wildman–Crippen LogP) is 9.43. The summed E-state index contributed by atoms with van der Waals surface area (Å²) >= 11 is 0. The SMILES string of the molecule is CCCCCC1CCC(/C=C/c2ccc(CCc3ccc(OCC)cc3)c(F)c2C(F)(F)F)CC1. The molecule has 5 heteroatoms. The predicted molar refractivity (Wildman–Crippen MR) is 135 cm³/mol. The van der Waals surface area contributed by atoms with Crippen molar-refractivity contribution in [1.82, 2.24) is 0 Å². The van der Waals surface area contributed by atoms with Crippen molar-refractivity contribution in [3.8, 4) is 5.75 Å². The Labute approximate surface area is 207 Å². The van der Waals surface area contributed by atoms with Crippen LogP contribution >= 0.6 is 0 Å². The highest BCUT2D eigenvalue weighted by atomic mass is 19.4. The third-order valence-corrected chi connectivity index (χ3v) is 7.11. The van der Waals surface area contributed by atoms with E-state index in [2.05, 4.69) is 6.92 Å². The molecule has 2 aromatic rings. The van der Waals surface area contributed by atoms with E-state index in [0.29, 0.717) is 13.0 Å². The van der Waals surface area contributed by atoms with E-state index in [4.69, 9.17) is 4.74 Å². The van der Waals surface area contributed by atoms with Gasteiger partial charge in [-0.3, -0.25) is 0 Å². The van der Waals surface area contributed by atoms with E-state index >= 15 is 4.39 Å². The van der Waals surface area contributed by atoms with E-state index < -0.39 is 17.6 Å².